The first-order valence-electron chi connectivity index (χ1n) is 9.24. The Morgan fingerprint density at radius 3 is 2.92 bits per heavy atom. The number of nitrogens with zero attached hydrogens (tertiary/aromatic N) is 4. The molecule has 24 heavy (non-hydrogen) atoms. The summed E-state index contributed by atoms with van der Waals surface area (Å²) in [5, 5.41) is 3.26. The number of hydrogen-bond acceptors (Lipinski definition) is 5. The third-order valence-electron chi connectivity index (χ3n) is 6.10. The Labute approximate surface area is 148 Å². The van der Waals surface area contributed by atoms with E-state index in [1.165, 1.54) is 17.8 Å². The third-order valence-corrected chi connectivity index (χ3v) is 6.87. The highest BCUT2D eigenvalue weighted by Crippen LogP contribution is 2.35. The van der Waals surface area contributed by atoms with Gasteiger partial charge in [-0.05, 0) is 38.6 Å². The molecular weight excluding hydrogens is 320 g/mol. The molecule has 5 nitrogen and oxygen atoms in total. The van der Waals surface area contributed by atoms with Crippen molar-refractivity contribution < 1.29 is 4.79 Å². The van der Waals surface area contributed by atoms with Crippen molar-refractivity contribution in [1.82, 2.24) is 19.7 Å². The molecule has 1 atom stereocenters. The fraction of sp³-hybridized carbons (Fsp3) is 0.778. The van der Waals surface area contributed by atoms with Gasteiger partial charge in [-0.15, -0.1) is 11.3 Å². The van der Waals surface area contributed by atoms with Crippen molar-refractivity contribution in [1.29, 1.82) is 0 Å². The molecule has 1 amide bonds. The molecule has 3 aliphatic rings. The SMILES string of the molecule is CN1CCN(Cc2nccs2)C[C@]12CCC(=O)N(CC1CC1)CC2. The summed E-state index contributed by atoms with van der Waals surface area (Å²) in [5.41, 5.74) is 0.156. The first-order valence-corrected chi connectivity index (χ1v) is 10.1. The van der Waals surface area contributed by atoms with Gasteiger partial charge in [0, 0.05) is 56.3 Å². The van der Waals surface area contributed by atoms with Crippen LogP contribution in [0.4, 0.5) is 0 Å². The Hall–Kier alpha value is -0.980. The van der Waals surface area contributed by atoms with Gasteiger partial charge in [-0.2, -0.15) is 0 Å². The minimum atomic E-state index is 0.156. The van der Waals surface area contributed by atoms with Crippen molar-refractivity contribution in [3.63, 3.8) is 0 Å². The van der Waals surface area contributed by atoms with E-state index in [-0.39, 0.29) is 5.54 Å². The zero-order valence-electron chi connectivity index (χ0n) is 14.6. The summed E-state index contributed by atoms with van der Waals surface area (Å²) < 4.78 is 0. The van der Waals surface area contributed by atoms with Gasteiger partial charge in [0.05, 0.1) is 6.54 Å². The normalized spacial score (nSPS) is 30.0. The van der Waals surface area contributed by atoms with E-state index in [9.17, 15) is 4.79 Å². The Bertz CT molecular complexity index is 574. The fourth-order valence-electron chi connectivity index (χ4n) is 4.24. The first kappa shape index (κ1) is 16.5. The van der Waals surface area contributed by atoms with Gasteiger partial charge in [0.25, 0.3) is 0 Å². The predicted molar refractivity (Wildman–Crippen MR) is 95.9 cm³/mol. The quantitative estimate of drug-likeness (QED) is 0.835. The number of amides is 1. The largest absolute Gasteiger partial charge is 0.342 e. The average Bonchev–Trinajstić information content (AvgIpc) is 3.28. The van der Waals surface area contributed by atoms with Crippen LogP contribution in [0.5, 0.6) is 0 Å². The number of hydrogen-bond donors (Lipinski definition) is 0. The van der Waals surface area contributed by atoms with Gasteiger partial charge in [-0.25, -0.2) is 4.98 Å². The summed E-state index contributed by atoms with van der Waals surface area (Å²) in [7, 11) is 2.25. The molecule has 0 bridgehead atoms. The van der Waals surface area contributed by atoms with Crippen LogP contribution in [-0.2, 0) is 11.3 Å². The third kappa shape index (κ3) is 3.51. The van der Waals surface area contributed by atoms with E-state index in [1.807, 2.05) is 6.20 Å². The number of carbonyl (C=O) groups is 1. The molecular formula is C18H28N4OS. The zero-order chi connectivity index (χ0) is 16.6. The molecule has 0 N–H and O–H groups in total. The van der Waals surface area contributed by atoms with E-state index >= 15 is 0 Å². The highest BCUT2D eigenvalue weighted by Gasteiger charge is 2.42. The van der Waals surface area contributed by atoms with Crippen LogP contribution < -0.4 is 0 Å². The van der Waals surface area contributed by atoms with Gasteiger partial charge in [0.2, 0.25) is 5.91 Å². The monoisotopic (exact) mass is 348 g/mol. The van der Waals surface area contributed by atoms with Crippen molar-refractivity contribution in [3.8, 4) is 0 Å². The fourth-order valence-corrected chi connectivity index (χ4v) is 4.90. The topological polar surface area (TPSA) is 39.7 Å². The predicted octanol–water partition coefficient (Wildman–Crippen LogP) is 2.05. The Morgan fingerprint density at radius 2 is 2.17 bits per heavy atom. The lowest BCUT2D eigenvalue weighted by Crippen LogP contribution is -2.60. The molecule has 2 saturated heterocycles. The zero-order valence-corrected chi connectivity index (χ0v) is 15.4. The summed E-state index contributed by atoms with van der Waals surface area (Å²) in [6.07, 6.45) is 7.34. The summed E-state index contributed by atoms with van der Waals surface area (Å²) in [5.74, 6) is 1.16. The van der Waals surface area contributed by atoms with E-state index < -0.39 is 0 Å². The van der Waals surface area contributed by atoms with Gasteiger partial charge in [-0.3, -0.25) is 14.6 Å². The van der Waals surface area contributed by atoms with E-state index in [2.05, 4.69) is 32.1 Å². The first-order chi connectivity index (χ1) is 11.6. The summed E-state index contributed by atoms with van der Waals surface area (Å²) in [4.78, 5) is 24.2. The van der Waals surface area contributed by atoms with E-state index in [0.717, 1.165) is 58.0 Å². The van der Waals surface area contributed by atoms with E-state index in [4.69, 9.17) is 0 Å². The lowest BCUT2D eigenvalue weighted by molar-refractivity contribution is -0.131. The Balaban J connectivity index is 1.44. The van der Waals surface area contributed by atoms with Crippen molar-refractivity contribution in [2.45, 2.75) is 44.2 Å². The highest BCUT2D eigenvalue weighted by atomic mass is 32.1. The van der Waals surface area contributed by atoms with Crippen LogP contribution in [-0.4, -0.2) is 70.9 Å². The molecule has 2 aliphatic heterocycles. The second-order valence-corrected chi connectivity index (χ2v) is 8.79. The maximum atomic E-state index is 12.5. The summed E-state index contributed by atoms with van der Waals surface area (Å²) >= 11 is 1.74. The minimum absolute atomic E-state index is 0.156. The molecule has 1 aromatic heterocycles. The molecule has 6 heteroatoms. The molecule has 1 spiro atoms. The number of likely N-dealkylation sites (N-methyl/N-ethyl adjacent to an activating group) is 1. The molecule has 0 aromatic carbocycles. The minimum Gasteiger partial charge on any atom is -0.342 e. The van der Waals surface area contributed by atoms with Crippen LogP contribution in [0, 0.1) is 5.92 Å². The van der Waals surface area contributed by atoms with E-state index in [0.29, 0.717) is 12.3 Å². The maximum Gasteiger partial charge on any atom is 0.222 e. The number of carbonyl (C=O) groups excluding carboxylic acids is 1. The van der Waals surface area contributed by atoms with Crippen LogP contribution >= 0.6 is 11.3 Å². The summed E-state index contributed by atoms with van der Waals surface area (Å²) in [6.45, 7) is 6.13. The second-order valence-electron chi connectivity index (χ2n) is 7.82. The van der Waals surface area contributed by atoms with Gasteiger partial charge in [0.15, 0.2) is 0 Å². The molecule has 0 unspecified atom stereocenters. The molecule has 3 fully saturated rings. The highest BCUT2D eigenvalue weighted by molar-refractivity contribution is 7.09. The van der Waals surface area contributed by atoms with Crippen LogP contribution in [0.25, 0.3) is 0 Å². The lowest BCUT2D eigenvalue weighted by atomic mass is 9.86. The average molecular weight is 349 g/mol. The van der Waals surface area contributed by atoms with Crippen molar-refractivity contribution in [3.05, 3.63) is 16.6 Å². The van der Waals surface area contributed by atoms with Crippen molar-refractivity contribution in [2.24, 2.45) is 5.92 Å². The van der Waals surface area contributed by atoms with Crippen molar-refractivity contribution in [2.75, 3.05) is 39.8 Å². The van der Waals surface area contributed by atoms with Gasteiger partial charge < -0.3 is 4.90 Å². The molecule has 1 aromatic rings. The standard InChI is InChI=1S/C18H28N4OS/c1-20-9-10-21(13-16-19-7-11-24-16)14-18(20)5-4-17(23)22(8-6-18)12-15-2-3-15/h7,11,15H,2-6,8-10,12-14H2,1H3/t18-/m1/s1. The van der Waals surface area contributed by atoms with Gasteiger partial charge in [-0.1, -0.05) is 0 Å². The van der Waals surface area contributed by atoms with Crippen molar-refractivity contribution >= 4 is 17.2 Å². The molecule has 1 aliphatic carbocycles. The molecule has 3 heterocycles. The number of aromatic nitrogens is 1. The second kappa shape index (κ2) is 6.73. The van der Waals surface area contributed by atoms with Gasteiger partial charge in [0.1, 0.15) is 5.01 Å². The maximum absolute atomic E-state index is 12.5. The van der Waals surface area contributed by atoms with Crippen LogP contribution in [0.3, 0.4) is 0 Å². The molecule has 1 saturated carbocycles. The van der Waals surface area contributed by atoms with Crippen LogP contribution in [0.15, 0.2) is 11.6 Å². The molecule has 4 rings (SSSR count). The number of piperazine rings is 1. The van der Waals surface area contributed by atoms with Crippen LogP contribution in [0.2, 0.25) is 0 Å². The number of thiazole rings is 1. The van der Waals surface area contributed by atoms with Gasteiger partial charge >= 0.3 is 0 Å². The lowest BCUT2D eigenvalue weighted by Gasteiger charge is -2.49. The molecule has 132 valence electrons. The number of likely N-dealkylation sites (tertiary alicyclic amines) is 1. The van der Waals surface area contributed by atoms with Crippen LogP contribution in [0.1, 0.15) is 37.1 Å². The summed E-state index contributed by atoms with van der Waals surface area (Å²) in [6, 6.07) is 0. The Kier molecular flexibility index (Phi) is 4.62. The Morgan fingerprint density at radius 1 is 1.29 bits per heavy atom. The molecule has 0 radical (unpaired) electrons. The van der Waals surface area contributed by atoms with E-state index in [1.54, 1.807) is 11.3 Å². The number of rotatable bonds is 4. The smallest absolute Gasteiger partial charge is 0.222 e.